The van der Waals surface area contributed by atoms with Gasteiger partial charge in [0.25, 0.3) is 0 Å². The lowest BCUT2D eigenvalue weighted by Gasteiger charge is -1.74. The van der Waals surface area contributed by atoms with Gasteiger partial charge in [-0.3, -0.25) is 0 Å². The van der Waals surface area contributed by atoms with E-state index in [4.69, 9.17) is 0 Å². The third-order valence-electron chi connectivity index (χ3n) is 0.420. The molecule has 1 aliphatic rings. The van der Waals surface area contributed by atoms with Gasteiger partial charge in [-0.2, -0.15) is 14.0 Å². The maximum Gasteiger partial charge on any atom is 0.161 e. The minimum atomic E-state index is 0.684. The Morgan fingerprint density at radius 3 is 3.12 bits per heavy atom. The van der Waals surface area contributed by atoms with Crippen LogP contribution >= 0.6 is 17.0 Å². The van der Waals surface area contributed by atoms with Crippen molar-refractivity contribution in [2.24, 2.45) is 19.0 Å². The topological polar surface area (TPSA) is 49.4 Å². The molecule has 40 valence electrons. The lowest BCUT2D eigenvalue weighted by molar-refractivity contribution is 1.68. The Morgan fingerprint density at radius 1 is 1.12 bits per heavy atom. The van der Waals surface area contributed by atoms with Crippen molar-refractivity contribution in [1.29, 1.82) is 0 Å². The zero-order valence-electron chi connectivity index (χ0n) is 3.84. The van der Waals surface area contributed by atoms with Crippen LogP contribution in [0.15, 0.2) is 19.0 Å². The van der Waals surface area contributed by atoms with E-state index in [0.29, 0.717) is 17.0 Å². The fourth-order valence-electron chi connectivity index (χ4n) is 0.200. The van der Waals surface area contributed by atoms with Crippen LogP contribution in [0.25, 0.3) is 0 Å². The summed E-state index contributed by atoms with van der Waals surface area (Å²) in [7, 11) is 1.37. The second-order valence-corrected chi connectivity index (χ2v) is 2.41. The molecule has 0 aromatic heterocycles. The third-order valence-corrected chi connectivity index (χ3v) is 1.47. The van der Waals surface area contributed by atoms with Crippen molar-refractivity contribution in [1.82, 2.24) is 0 Å². The van der Waals surface area contributed by atoms with Crippen LogP contribution in [0.4, 0.5) is 0 Å². The molecular weight excluding hydrogens is 142 g/mol. The largest absolute Gasteiger partial charge is 0.224 e. The maximum atomic E-state index is 3.82. The van der Waals surface area contributed by atoms with Crippen molar-refractivity contribution in [2.45, 2.75) is 0 Å². The van der Waals surface area contributed by atoms with E-state index in [9.17, 15) is 0 Å². The Morgan fingerprint density at radius 2 is 2.12 bits per heavy atom. The summed E-state index contributed by atoms with van der Waals surface area (Å²) in [5, 5.41) is 0. The number of nitrogens with zero attached hydrogens (tertiary/aromatic N) is 4. The van der Waals surface area contributed by atoms with Gasteiger partial charge < -0.3 is 0 Å². The standard InChI is InChI=1S/C2H2N4P2/c1-3-2-5-8-6-7-4-1/h1-2H. The van der Waals surface area contributed by atoms with Crippen molar-refractivity contribution in [3.05, 3.63) is 0 Å². The van der Waals surface area contributed by atoms with E-state index in [1.54, 1.807) is 0 Å². The SMILES string of the molecule is C1=NC=NP=NP=N1. The fourth-order valence-corrected chi connectivity index (χ4v) is 0.924. The molecule has 0 unspecified atom stereocenters. The smallest absolute Gasteiger partial charge is 0.161 e. The average Bonchev–Trinajstić information content (AvgIpc) is 1.62. The van der Waals surface area contributed by atoms with Crippen LogP contribution in [-0.2, 0) is 0 Å². The van der Waals surface area contributed by atoms with E-state index in [1.807, 2.05) is 0 Å². The van der Waals surface area contributed by atoms with Gasteiger partial charge in [0.05, 0.1) is 0 Å². The van der Waals surface area contributed by atoms with Gasteiger partial charge in [0.2, 0.25) is 0 Å². The van der Waals surface area contributed by atoms with Gasteiger partial charge >= 0.3 is 0 Å². The fraction of sp³-hybridized carbons (Fsp3) is 0. The van der Waals surface area contributed by atoms with E-state index < -0.39 is 0 Å². The highest BCUT2D eigenvalue weighted by Gasteiger charge is 1.69. The zero-order valence-corrected chi connectivity index (χ0v) is 5.63. The average molecular weight is 144 g/mol. The summed E-state index contributed by atoms with van der Waals surface area (Å²) in [5.74, 6) is 0. The van der Waals surface area contributed by atoms with Gasteiger partial charge in [0.15, 0.2) is 17.0 Å². The normalized spacial score (nSPS) is 20.0. The molecule has 0 spiro atoms. The molecule has 1 rings (SSSR count). The van der Waals surface area contributed by atoms with Gasteiger partial charge in [-0.25, -0.2) is 4.99 Å². The molecule has 0 saturated carbocycles. The molecule has 0 saturated heterocycles. The number of rotatable bonds is 0. The van der Waals surface area contributed by atoms with Crippen LogP contribution in [0.2, 0.25) is 0 Å². The van der Waals surface area contributed by atoms with Gasteiger partial charge in [-0.05, 0) is 0 Å². The predicted molar refractivity (Wildman–Crippen MR) is 35.7 cm³/mol. The highest BCUT2D eigenvalue weighted by atomic mass is 31.1. The van der Waals surface area contributed by atoms with E-state index in [2.05, 4.69) is 19.0 Å². The summed E-state index contributed by atoms with van der Waals surface area (Å²) in [5.41, 5.74) is 0. The van der Waals surface area contributed by atoms with Crippen molar-refractivity contribution in [3.8, 4) is 0 Å². The van der Waals surface area contributed by atoms with Crippen LogP contribution in [0.3, 0.4) is 0 Å². The number of aliphatic imine (C=N–C) groups is 1. The minimum absolute atomic E-state index is 0.684. The van der Waals surface area contributed by atoms with Gasteiger partial charge in [0.1, 0.15) is 12.7 Å². The van der Waals surface area contributed by atoms with Crippen LogP contribution < -0.4 is 0 Å². The molecule has 0 atom stereocenters. The second kappa shape index (κ2) is 3.53. The molecule has 0 aromatic rings. The minimum Gasteiger partial charge on any atom is -0.224 e. The Kier molecular flexibility index (Phi) is 2.50. The van der Waals surface area contributed by atoms with E-state index in [1.165, 1.54) is 12.7 Å². The maximum absolute atomic E-state index is 3.82. The molecular formula is C2H2N4P2. The van der Waals surface area contributed by atoms with Crippen molar-refractivity contribution in [3.63, 3.8) is 0 Å². The van der Waals surface area contributed by atoms with Crippen molar-refractivity contribution in [2.75, 3.05) is 0 Å². The molecule has 0 aromatic carbocycles. The molecule has 0 aliphatic carbocycles. The first-order valence-corrected chi connectivity index (χ1v) is 3.43. The monoisotopic (exact) mass is 144 g/mol. The number of hydrogen-bond donors (Lipinski definition) is 0. The lowest BCUT2D eigenvalue weighted by atomic mass is 11.2. The molecule has 0 bridgehead atoms. The molecule has 8 heavy (non-hydrogen) atoms. The van der Waals surface area contributed by atoms with E-state index >= 15 is 0 Å². The summed E-state index contributed by atoms with van der Waals surface area (Å²) in [4.78, 5) is 3.67. The van der Waals surface area contributed by atoms with Crippen molar-refractivity contribution >= 4 is 29.7 Å². The Bertz CT molecular complexity index is 113. The number of hydrogen-bond acceptors (Lipinski definition) is 4. The molecule has 0 radical (unpaired) electrons. The Hall–Kier alpha value is -0.460. The Balaban J connectivity index is 2.67. The molecule has 0 amide bonds. The summed E-state index contributed by atoms with van der Waals surface area (Å²) in [6.07, 6.45) is 2.87. The Labute approximate surface area is 49.6 Å². The van der Waals surface area contributed by atoms with Gasteiger partial charge in [0, 0.05) is 0 Å². The molecule has 1 heterocycles. The summed E-state index contributed by atoms with van der Waals surface area (Å²) < 4.78 is 11.3. The van der Waals surface area contributed by atoms with E-state index in [-0.39, 0.29) is 0 Å². The highest BCUT2D eigenvalue weighted by Crippen LogP contribution is 2.12. The quantitative estimate of drug-likeness (QED) is 0.467. The summed E-state index contributed by atoms with van der Waals surface area (Å²) >= 11 is 0. The first kappa shape index (κ1) is 5.67. The van der Waals surface area contributed by atoms with E-state index in [0.717, 1.165) is 0 Å². The van der Waals surface area contributed by atoms with Crippen LogP contribution in [0, 0.1) is 0 Å². The van der Waals surface area contributed by atoms with Crippen LogP contribution in [-0.4, -0.2) is 12.7 Å². The first-order valence-electron chi connectivity index (χ1n) is 1.83. The second-order valence-electron chi connectivity index (χ2n) is 0.879. The third kappa shape index (κ3) is 2.01. The van der Waals surface area contributed by atoms with Crippen LogP contribution in [0.1, 0.15) is 0 Å². The van der Waals surface area contributed by atoms with Gasteiger partial charge in [-0.15, -0.1) is 0 Å². The zero-order chi connectivity index (χ0) is 5.66. The van der Waals surface area contributed by atoms with Crippen LogP contribution in [0.5, 0.6) is 0 Å². The lowest BCUT2D eigenvalue weighted by Crippen LogP contribution is -1.62. The summed E-state index contributed by atoms with van der Waals surface area (Å²) in [6.45, 7) is 0. The first-order chi connectivity index (χ1) is 4.00. The molecule has 0 fully saturated rings. The van der Waals surface area contributed by atoms with Crippen molar-refractivity contribution < 1.29 is 0 Å². The summed E-state index contributed by atoms with van der Waals surface area (Å²) in [6, 6.07) is 0. The van der Waals surface area contributed by atoms with Gasteiger partial charge in [-0.1, -0.05) is 0 Å². The highest BCUT2D eigenvalue weighted by molar-refractivity contribution is 7.38. The predicted octanol–water partition coefficient (Wildman–Crippen LogP) is 2.15. The molecule has 4 nitrogen and oxygen atoms in total. The molecule has 0 N–H and O–H groups in total. The molecule has 1 aliphatic heterocycles. The molecule has 6 heteroatoms.